The molecule has 8 heteroatoms. The van der Waals surface area contributed by atoms with Crippen LogP contribution >= 0.6 is 11.3 Å². The van der Waals surface area contributed by atoms with Crippen molar-refractivity contribution >= 4 is 17.3 Å². The molecule has 130 valence electrons. The molecule has 1 aromatic carbocycles. The largest absolute Gasteiger partial charge is 0.506 e. The summed E-state index contributed by atoms with van der Waals surface area (Å²) in [6.45, 7) is 1.79. The predicted octanol–water partition coefficient (Wildman–Crippen LogP) is 2.32. The third-order valence-corrected chi connectivity index (χ3v) is 5.62. The van der Waals surface area contributed by atoms with Crippen LogP contribution in [0, 0.1) is 17.1 Å². The number of aliphatic hydroxyl groups is 1. The third kappa shape index (κ3) is 2.81. The molecule has 0 bridgehead atoms. The summed E-state index contributed by atoms with van der Waals surface area (Å²) >= 11 is 1.28. The van der Waals surface area contributed by atoms with E-state index in [9.17, 15) is 14.6 Å². The van der Waals surface area contributed by atoms with Crippen molar-refractivity contribution in [2.75, 3.05) is 7.05 Å². The van der Waals surface area contributed by atoms with E-state index >= 15 is 0 Å². The van der Waals surface area contributed by atoms with Gasteiger partial charge in [0.05, 0.1) is 10.4 Å². The molecule has 3 rings (SSSR count). The molecule has 0 radical (unpaired) electrons. The van der Waals surface area contributed by atoms with Crippen LogP contribution in [0.1, 0.15) is 23.8 Å². The minimum absolute atomic E-state index is 0.00342. The fourth-order valence-electron chi connectivity index (χ4n) is 2.88. The molecule has 0 aliphatic carbocycles. The normalized spacial score (nSPS) is 23.2. The molecule has 0 fully saturated rings. The second-order valence-corrected chi connectivity index (χ2v) is 7.05. The van der Waals surface area contributed by atoms with Crippen molar-refractivity contribution in [3.63, 3.8) is 0 Å². The number of guanidine groups is 1. The molecule has 0 saturated carbocycles. The second kappa shape index (κ2) is 6.02. The van der Waals surface area contributed by atoms with Crippen LogP contribution in [0.2, 0.25) is 0 Å². The molecule has 2 aromatic rings. The fourth-order valence-corrected chi connectivity index (χ4v) is 3.97. The molecule has 4 N–H and O–H groups in total. The van der Waals surface area contributed by atoms with Crippen molar-refractivity contribution in [2.45, 2.75) is 25.1 Å². The van der Waals surface area contributed by atoms with Gasteiger partial charge in [-0.2, -0.15) is 5.26 Å². The van der Waals surface area contributed by atoms with Crippen LogP contribution in [0.3, 0.4) is 0 Å². The van der Waals surface area contributed by atoms with Crippen molar-refractivity contribution < 1.29 is 14.6 Å². The Kier molecular flexibility index (Phi) is 4.14. The fraction of sp³-hybridized carbons (Fsp3) is 0.294. The van der Waals surface area contributed by atoms with Crippen LogP contribution in [-0.2, 0) is 5.54 Å². The number of aliphatic hydroxyl groups excluding tert-OH is 1. The molecule has 6 nitrogen and oxygen atoms in total. The molecule has 1 unspecified atom stereocenters. The summed E-state index contributed by atoms with van der Waals surface area (Å²) in [4.78, 5) is 6.45. The van der Waals surface area contributed by atoms with Crippen molar-refractivity contribution in [3.05, 3.63) is 39.8 Å². The maximum atomic E-state index is 13.5. The van der Waals surface area contributed by atoms with Gasteiger partial charge in [-0.25, -0.2) is 9.38 Å². The van der Waals surface area contributed by atoms with Gasteiger partial charge in [-0.3, -0.25) is 0 Å². The molecule has 1 aromatic heterocycles. The highest BCUT2D eigenvalue weighted by atomic mass is 32.1. The van der Waals surface area contributed by atoms with Gasteiger partial charge >= 0.3 is 0 Å². The standard InChI is InChI=1S/C17H17FN4O2S/c1-17(6-13(23)22(2)16(20)21-17)15-14(24)11(8-25-15)9-3-4-12(18)10(5-9)7-19/h3-5,8,13,23-24H,6H2,1-2H3,(H2,20,21)/t13?,17-/m0/s1. The van der Waals surface area contributed by atoms with Crippen LogP contribution in [0.5, 0.6) is 5.75 Å². The second-order valence-electron chi connectivity index (χ2n) is 6.17. The van der Waals surface area contributed by atoms with E-state index in [0.29, 0.717) is 16.0 Å². The number of nitriles is 1. The van der Waals surface area contributed by atoms with Gasteiger partial charge in [0, 0.05) is 24.4 Å². The number of nitrogens with two attached hydrogens (primary N) is 1. The maximum Gasteiger partial charge on any atom is 0.193 e. The zero-order valence-corrected chi connectivity index (χ0v) is 14.5. The number of rotatable bonds is 2. The molecule has 0 saturated heterocycles. The van der Waals surface area contributed by atoms with Gasteiger partial charge in [0.15, 0.2) is 5.96 Å². The Morgan fingerprint density at radius 2 is 2.24 bits per heavy atom. The van der Waals surface area contributed by atoms with Crippen molar-refractivity contribution in [1.82, 2.24) is 4.90 Å². The Labute approximate surface area is 148 Å². The number of aromatic hydroxyl groups is 1. The Morgan fingerprint density at radius 3 is 2.88 bits per heavy atom. The lowest BCUT2D eigenvalue weighted by Crippen LogP contribution is -2.49. The van der Waals surface area contributed by atoms with E-state index in [1.807, 2.05) is 0 Å². The molecular weight excluding hydrogens is 343 g/mol. The molecule has 0 spiro atoms. The highest BCUT2D eigenvalue weighted by Crippen LogP contribution is 2.47. The molecule has 2 atom stereocenters. The van der Waals surface area contributed by atoms with E-state index < -0.39 is 17.6 Å². The van der Waals surface area contributed by atoms with Crippen molar-refractivity contribution in [3.8, 4) is 22.9 Å². The highest BCUT2D eigenvalue weighted by molar-refractivity contribution is 7.11. The number of halogens is 1. The van der Waals surface area contributed by atoms with Gasteiger partial charge in [0.1, 0.15) is 29.4 Å². The van der Waals surface area contributed by atoms with E-state index in [4.69, 9.17) is 11.0 Å². The van der Waals surface area contributed by atoms with Crippen molar-refractivity contribution in [2.24, 2.45) is 10.7 Å². The first-order valence-electron chi connectivity index (χ1n) is 7.54. The highest BCUT2D eigenvalue weighted by Gasteiger charge is 2.39. The molecule has 2 heterocycles. The predicted molar refractivity (Wildman–Crippen MR) is 93.5 cm³/mol. The average molecular weight is 360 g/mol. The summed E-state index contributed by atoms with van der Waals surface area (Å²) in [5.41, 5.74) is 5.92. The number of nitrogens with zero attached hydrogens (tertiary/aromatic N) is 3. The first kappa shape index (κ1) is 17.2. The number of benzene rings is 1. The lowest BCUT2D eigenvalue weighted by atomic mass is 9.91. The summed E-state index contributed by atoms with van der Waals surface area (Å²) in [5, 5.41) is 31.6. The number of aliphatic imine (C=N–C) groups is 1. The molecule has 1 aliphatic heterocycles. The summed E-state index contributed by atoms with van der Waals surface area (Å²) < 4.78 is 13.5. The molecule has 1 aliphatic rings. The zero-order valence-electron chi connectivity index (χ0n) is 13.7. The Morgan fingerprint density at radius 1 is 1.52 bits per heavy atom. The Balaban J connectivity index is 2.07. The summed E-state index contributed by atoms with van der Waals surface area (Å²) in [6.07, 6.45) is -0.548. The van der Waals surface area contributed by atoms with Gasteiger partial charge in [0.2, 0.25) is 0 Å². The van der Waals surface area contributed by atoms with Crippen LogP contribution in [-0.4, -0.2) is 34.3 Å². The molecular formula is C17H17FN4O2S. The van der Waals surface area contributed by atoms with Crippen molar-refractivity contribution in [1.29, 1.82) is 5.26 Å². The lowest BCUT2D eigenvalue weighted by molar-refractivity contribution is 0.0295. The van der Waals surface area contributed by atoms with Gasteiger partial charge in [-0.15, -0.1) is 11.3 Å². The topological polar surface area (TPSA) is 106 Å². The monoisotopic (exact) mass is 360 g/mol. The Hall–Kier alpha value is -2.63. The SMILES string of the molecule is CN1C(N)=N[C@](C)(c2scc(-c3ccc(F)c(C#N)c3)c2O)CC1O. The van der Waals surface area contributed by atoms with E-state index in [2.05, 4.69) is 4.99 Å². The summed E-state index contributed by atoms with van der Waals surface area (Å²) in [6, 6.07) is 5.88. The van der Waals surface area contributed by atoms with Crippen LogP contribution in [0.4, 0.5) is 4.39 Å². The molecule has 0 amide bonds. The van der Waals surface area contributed by atoms with Gasteiger partial charge in [-0.05, 0) is 24.6 Å². The smallest absolute Gasteiger partial charge is 0.193 e. The first-order chi connectivity index (χ1) is 11.8. The van der Waals surface area contributed by atoms with E-state index in [-0.39, 0.29) is 23.7 Å². The summed E-state index contributed by atoms with van der Waals surface area (Å²) in [7, 11) is 1.64. The third-order valence-electron chi connectivity index (χ3n) is 4.40. The quantitative estimate of drug-likeness (QED) is 0.762. The molecule has 25 heavy (non-hydrogen) atoms. The Bertz CT molecular complexity index is 905. The van der Waals surface area contributed by atoms with Gasteiger partial charge in [0.25, 0.3) is 0 Å². The summed E-state index contributed by atoms with van der Waals surface area (Å²) in [5.74, 6) is -0.426. The van der Waals surface area contributed by atoms with E-state index in [1.165, 1.54) is 34.4 Å². The average Bonchev–Trinajstić information content (AvgIpc) is 2.95. The van der Waals surface area contributed by atoms with E-state index in [0.717, 1.165) is 0 Å². The van der Waals surface area contributed by atoms with E-state index in [1.54, 1.807) is 25.4 Å². The number of thiophene rings is 1. The minimum atomic E-state index is -0.874. The van der Waals surface area contributed by atoms with Gasteiger partial charge < -0.3 is 20.8 Å². The van der Waals surface area contributed by atoms with Crippen LogP contribution in [0.25, 0.3) is 11.1 Å². The number of hydrogen-bond donors (Lipinski definition) is 3. The van der Waals surface area contributed by atoms with Crippen LogP contribution < -0.4 is 5.73 Å². The lowest BCUT2D eigenvalue weighted by Gasteiger charge is -2.37. The van der Waals surface area contributed by atoms with Gasteiger partial charge in [-0.1, -0.05) is 6.07 Å². The minimum Gasteiger partial charge on any atom is -0.506 e. The van der Waals surface area contributed by atoms with Crippen LogP contribution in [0.15, 0.2) is 28.6 Å². The number of hydrogen-bond acceptors (Lipinski definition) is 7. The zero-order chi connectivity index (χ0) is 18.4. The first-order valence-corrected chi connectivity index (χ1v) is 8.42. The maximum absolute atomic E-state index is 13.5.